The number of rotatable bonds is 9. The van der Waals surface area contributed by atoms with E-state index >= 15 is 0 Å². The molecule has 1 aromatic heterocycles. The third-order valence-electron chi connectivity index (χ3n) is 5.82. The molecule has 10 heteroatoms. The van der Waals surface area contributed by atoms with Crippen LogP contribution in [0, 0.1) is 19.7 Å². The van der Waals surface area contributed by atoms with Crippen LogP contribution in [0.3, 0.4) is 0 Å². The lowest BCUT2D eigenvalue weighted by Gasteiger charge is -2.29. The second-order valence-corrected chi connectivity index (χ2v) is 9.70. The molecular formula is C27H30FN5O3S. The van der Waals surface area contributed by atoms with Gasteiger partial charge in [-0.25, -0.2) is 14.4 Å². The Bertz CT molecular complexity index is 1210. The average Bonchev–Trinajstić information content (AvgIpc) is 2.88. The molecule has 1 aliphatic heterocycles. The van der Waals surface area contributed by atoms with Crippen molar-refractivity contribution in [3.05, 3.63) is 77.4 Å². The number of halogens is 1. The lowest BCUT2D eigenvalue weighted by Crippen LogP contribution is -2.38. The molecule has 0 radical (unpaired) electrons. The predicted molar refractivity (Wildman–Crippen MR) is 142 cm³/mol. The summed E-state index contributed by atoms with van der Waals surface area (Å²) >= 11 is 1.19. The molecule has 8 nitrogen and oxygen atoms in total. The fourth-order valence-electron chi connectivity index (χ4n) is 3.99. The first kappa shape index (κ1) is 26.6. The van der Waals surface area contributed by atoms with Crippen molar-refractivity contribution in [1.29, 1.82) is 0 Å². The molecule has 0 atom stereocenters. The molecule has 194 valence electrons. The summed E-state index contributed by atoms with van der Waals surface area (Å²) in [5, 5.41) is 3.33. The number of nitrogens with one attached hydrogen (secondary N) is 1. The quantitative estimate of drug-likeness (QED) is 0.337. The van der Waals surface area contributed by atoms with E-state index in [4.69, 9.17) is 4.74 Å². The SMILES string of the molecule is Cc1cc(C)nc(SCC(=O)N(CC(=O)Nc2ccc(N3CCOCC3)cc2)Cc2ccccc2F)n1. The number of carbonyl (C=O) groups is 2. The molecule has 0 aliphatic carbocycles. The van der Waals surface area contributed by atoms with Crippen molar-refractivity contribution in [2.24, 2.45) is 0 Å². The molecule has 2 amide bonds. The van der Waals surface area contributed by atoms with Crippen LogP contribution >= 0.6 is 11.8 Å². The van der Waals surface area contributed by atoms with Crippen molar-refractivity contribution in [3.8, 4) is 0 Å². The van der Waals surface area contributed by atoms with Crippen LogP contribution in [0.15, 0.2) is 59.8 Å². The molecule has 37 heavy (non-hydrogen) atoms. The molecule has 0 unspecified atom stereocenters. The summed E-state index contributed by atoms with van der Waals surface area (Å²) in [4.78, 5) is 38.3. The summed E-state index contributed by atoms with van der Waals surface area (Å²) in [6.07, 6.45) is 0. The van der Waals surface area contributed by atoms with Crippen LogP contribution in [0.25, 0.3) is 0 Å². The van der Waals surface area contributed by atoms with E-state index in [9.17, 15) is 14.0 Å². The summed E-state index contributed by atoms with van der Waals surface area (Å²) < 4.78 is 19.7. The van der Waals surface area contributed by atoms with Gasteiger partial charge in [-0.3, -0.25) is 9.59 Å². The van der Waals surface area contributed by atoms with Gasteiger partial charge in [0.1, 0.15) is 12.4 Å². The minimum Gasteiger partial charge on any atom is -0.378 e. The van der Waals surface area contributed by atoms with Gasteiger partial charge in [0.2, 0.25) is 11.8 Å². The number of ether oxygens (including phenoxy) is 1. The molecule has 1 saturated heterocycles. The topological polar surface area (TPSA) is 87.7 Å². The summed E-state index contributed by atoms with van der Waals surface area (Å²) in [6, 6.07) is 15.7. The zero-order valence-electron chi connectivity index (χ0n) is 20.9. The zero-order chi connectivity index (χ0) is 26.2. The Balaban J connectivity index is 1.41. The van der Waals surface area contributed by atoms with E-state index in [-0.39, 0.29) is 30.7 Å². The largest absolute Gasteiger partial charge is 0.378 e. The van der Waals surface area contributed by atoms with Crippen LogP contribution in [0.2, 0.25) is 0 Å². The highest BCUT2D eigenvalue weighted by Crippen LogP contribution is 2.20. The average molecular weight is 524 g/mol. The standard InChI is InChI=1S/C27H30FN5O3S/c1-19-15-20(2)30-27(29-19)37-18-26(35)33(16-21-5-3-4-6-24(21)28)17-25(34)31-22-7-9-23(10-8-22)32-11-13-36-14-12-32/h3-10,15H,11-14,16-18H2,1-2H3,(H,31,34). The highest BCUT2D eigenvalue weighted by Gasteiger charge is 2.20. The molecule has 1 fully saturated rings. The molecule has 1 N–H and O–H groups in total. The lowest BCUT2D eigenvalue weighted by atomic mass is 10.2. The Morgan fingerprint density at radius 3 is 2.41 bits per heavy atom. The maximum absolute atomic E-state index is 14.4. The van der Waals surface area contributed by atoms with Gasteiger partial charge in [-0.15, -0.1) is 0 Å². The zero-order valence-corrected chi connectivity index (χ0v) is 21.8. The van der Waals surface area contributed by atoms with Crippen molar-refractivity contribution < 1.29 is 18.7 Å². The van der Waals surface area contributed by atoms with E-state index in [0.717, 1.165) is 30.2 Å². The van der Waals surface area contributed by atoms with Crippen LogP contribution in [-0.4, -0.2) is 65.3 Å². The smallest absolute Gasteiger partial charge is 0.244 e. The van der Waals surface area contributed by atoms with Crippen molar-refractivity contribution >= 4 is 35.0 Å². The van der Waals surface area contributed by atoms with Gasteiger partial charge in [0, 0.05) is 48.0 Å². The highest BCUT2D eigenvalue weighted by molar-refractivity contribution is 7.99. The van der Waals surface area contributed by atoms with E-state index in [1.165, 1.54) is 22.7 Å². The van der Waals surface area contributed by atoms with E-state index in [1.807, 2.05) is 44.2 Å². The van der Waals surface area contributed by atoms with Gasteiger partial charge in [0.25, 0.3) is 0 Å². The van der Waals surface area contributed by atoms with Gasteiger partial charge < -0.3 is 19.9 Å². The van der Waals surface area contributed by atoms with Crippen molar-refractivity contribution in [1.82, 2.24) is 14.9 Å². The molecule has 0 saturated carbocycles. The Morgan fingerprint density at radius 2 is 1.73 bits per heavy atom. The van der Waals surface area contributed by atoms with Crippen LogP contribution in [-0.2, 0) is 20.9 Å². The molecule has 4 rings (SSSR count). The molecule has 3 aromatic rings. The first-order valence-electron chi connectivity index (χ1n) is 12.1. The number of hydrogen-bond acceptors (Lipinski definition) is 7. The molecule has 0 bridgehead atoms. The number of hydrogen-bond donors (Lipinski definition) is 1. The lowest BCUT2D eigenvalue weighted by molar-refractivity contribution is -0.133. The number of aromatic nitrogens is 2. The molecule has 2 aromatic carbocycles. The Labute approximate surface area is 220 Å². The van der Waals surface area contributed by atoms with Crippen molar-refractivity contribution in [2.45, 2.75) is 25.5 Å². The Morgan fingerprint density at radius 1 is 1.05 bits per heavy atom. The maximum atomic E-state index is 14.4. The van der Waals surface area contributed by atoms with Crippen LogP contribution in [0.1, 0.15) is 17.0 Å². The second-order valence-electron chi connectivity index (χ2n) is 8.76. The molecule has 1 aliphatic rings. The number of anilines is 2. The van der Waals surface area contributed by atoms with Crippen LogP contribution < -0.4 is 10.2 Å². The van der Waals surface area contributed by atoms with Gasteiger partial charge in [-0.05, 0) is 50.2 Å². The summed E-state index contributed by atoms with van der Waals surface area (Å²) in [6.45, 7) is 6.52. The number of thioether (sulfide) groups is 1. The molecule has 2 heterocycles. The number of amides is 2. The van der Waals surface area contributed by atoms with Crippen LogP contribution in [0.5, 0.6) is 0 Å². The second kappa shape index (κ2) is 12.6. The Kier molecular flexibility index (Phi) is 9.08. The van der Waals surface area contributed by atoms with Gasteiger partial charge in [0.05, 0.1) is 19.0 Å². The van der Waals surface area contributed by atoms with E-state index in [2.05, 4.69) is 20.2 Å². The number of carbonyl (C=O) groups excluding carboxylic acids is 2. The van der Waals surface area contributed by atoms with Gasteiger partial charge in [0.15, 0.2) is 5.16 Å². The summed E-state index contributed by atoms with van der Waals surface area (Å²) in [5.41, 5.74) is 3.64. The molecule has 0 spiro atoms. The number of nitrogens with zero attached hydrogens (tertiary/aromatic N) is 4. The highest BCUT2D eigenvalue weighted by atomic mass is 32.2. The van der Waals surface area contributed by atoms with Gasteiger partial charge in [-0.1, -0.05) is 30.0 Å². The van der Waals surface area contributed by atoms with E-state index < -0.39 is 5.82 Å². The minimum absolute atomic E-state index is 0.0246. The third kappa shape index (κ3) is 7.74. The van der Waals surface area contributed by atoms with E-state index in [0.29, 0.717) is 29.6 Å². The first-order valence-corrected chi connectivity index (χ1v) is 13.0. The fourth-order valence-corrected chi connectivity index (χ4v) is 4.84. The number of aryl methyl sites for hydroxylation is 2. The number of benzene rings is 2. The monoisotopic (exact) mass is 523 g/mol. The summed E-state index contributed by atoms with van der Waals surface area (Å²) in [5.74, 6) is -1.08. The normalized spacial score (nSPS) is 13.3. The third-order valence-corrected chi connectivity index (χ3v) is 6.65. The van der Waals surface area contributed by atoms with Gasteiger partial charge in [-0.2, -0.15) is 0 Å². The Hall–Kier alpha value is -3.50. The summed E-state index contributed by atoms with van der Waals surface area (Å²) in [7, 11) is 0. The predicted octanol–water partition coefficient (Wildman–Crippen LogP) is 3.83. The van der Waals surface area contributed by atoms with E-state index in [1.54, 1.807) is 18.2 Å². The fraction of sp³-hybridized carbons (Fsp3) is 0.333. The maximum Gasteiger partial charge on any atom is 0.244 e. The van der Waals surface area contributed by atoms with Crippen molar-refractivity contribution in [2.75, 3.05) is 48.8 Å². The van der Waals surface area contributed by atoms with Gasteiger partial charge >= 0.3 is 0 Å². The first-order chi connectivity index (χ1) is 17.9. The molecular weight excluding hydrogens is 493 g/mol. The number of morpholine rings is 1. The van der Waals surface area contributed by atoms with Crippen LogP contribution in [0.4, 0.5) is 15.8 Å². The van der Waals surface area contributed by atoms with Crippen molar-refractivity contribution in [3.63, 3.8) is 0 Å². The minimum atomic E-state index is -0.426.